The molecule has 34 heavy (non-hydrogen) atoms. The molecule has 4 atom stereocenters. The molecule has 2 heterocycles. The highest BCUT2D eigenvalue weighted by Crippen LogP contribution is 2.60. The lowest BCUT2D eigenvalue weighted by molar-refractivity contribution is -0.152. The quantitative estimate of drug-likeness (QED) is 0.440. The maximum Gasteiger partial charge on any atom is 0.325 e. The summed E-state index contributed by atoms with van der Waals surface area (Å²) in [5, 5.41) is 11.3. The van der Waals surface area contributed by atoms with E-state index in [1.165, 1.54) is 30.3 Å². The van der Waals surface area contributed by atoms with Crippen LogP contribution in [0.3, 0.4) is 0 Å². The van der Waals surface area contributed by atoms with Gasteiger partial charge in [0, 0.05) is 27.6 Å². The van der Waals surface area contributed by atoms with E-state index in [1.54, 1.807) is 13.8 Å². The van der Waals surface area contributed by atoms with Crippen LogP contribution in [0.5, 0.6) is 0 Å². The van der Waals surface area contributed by atoms with Gasteiger partial charge in [-0.3, -0.25) is 4.79 Å². The second kappa shape index (κ2) is 8.19. The summed E-state index contributed by atoms with van der Waals surface area (Å²) in [5.41, 5.74) is -2.90. The highest BCUT2D eigenvalue weighted by atomic mass is 35.5. The van der Waals surface area contributed by atoms with Gasteiger partial charge in [-0.05, 0) is 61.6 Å². The van der Waals surface area contributed by atoms with Crippen LogP contribution in [-0.2, 0) is 14.9 Å². The molecule has 180 valence electrons. The standard InChI is InChI=1S/C26H26Cl2F2N2O2/c1-24(2,3)12-20-26(13-31,17-8-6-15(28)11-19(17)30)21(16-10-14(27)7-9-18(16)29)22-23(33)34-25(4,5)32(20)22/h6-11,20-22H,12H2,1-5H3/t20-,21-,22+,26-/m0/s1. The van der Waals surface area contributed by atoms with Crippen LogP contribution in [0.15, 0.2) is 36.4 Å². The zero-order chi connectivity index (χ0) is 25.2. The van der Waals surface area contributed by atoms with Gasteiger partial charge in [-0.25, -0.2) is 13.7 Å². The smallest absolute Gasteiger partial charge is 0.325 e. The molecule has 8 heteroatoms. The average Bonchev–Trinajstić information content (AvgIpc) is 3.12. The zero-order valence-electron chi connectivity index (χ0n) is 19.6. The second-order valence-corrected chi connectivity index (χ2v) is 11.6. The molecule has 0 radical (unpaired) electrons. The minimum atomic E-state index is -1.63. The molecule has 0 aliphatic carbocycles. The van der Waals surface area contributed by atoms with Crippen molar-refractivity contribution < 1.29 is 18.3 Å². The molecule has 0 spiro atoms. The summed E-state index contributed by atoms with van der Waals surface area (Å²) < 4.78 is 36.7. The van der Waals surface area contributed by atoms with Gasteiger partial charge in [-0.15, -0.1) is 0 Å². The molecule has 4 nitrogen and oxygen atoms in total. The molecule has 0 unspecified atom stereocenters. The van der Waals surface area contributed by atoms with Crippen molar-refractivity contribution in [2.75, 3.05) is 0 Å². The van der Waals surface area contributed by atoms with E-state index in [0.717, 1.165) is 6.07 Å². The Morgan fingerprint density at radius 3 is 2.29 bits per heavy atom. The van der Waals surface area contributed by atoms with Gasteiger partial charge in [0.15, 0.2) is 5.72 Å². The van der Waals surface area contributed by atoms with Crippen LogP contribution in [0.2, 0.25) is 10.0 Å². The average molecular weight is 507 g/mol. The first-order valence-electron chi connectivity index (χ1n) is 11.1. The van der Waals surface area contributed by atoms with Crippen LogP contribution in [0, 0.1) is 28.4 Å². The van der Waals surface area contributed by atoms with E-state index in [1.807, 2.05) is 25.7 Å². The molecule has 0 bridgehead atoms. The van der Waals surface area contributed by atoms with E-state index >= 15 is 8.78 Å². The minimum Gasteiger partial charge on any atom is -0.443 e. The molecule has 0 aromatic heterocycles. The topological polar surface area (TPSA) is 53.3 Å². The first-order chi connectivity index (χ1) is 15.7. The van der Waals surface area contributed by atoms with Crippen molar-refractivity contribution in [3.8, 4) is 6.07 Å². The van der Waals surface area contributed by atoms with Crippen LogP contribution in [0.1, 0.15) is 58.1 Å². The first kappa shape index (κ1) is 24.9. The number of cyclic esters (lactones) is 1. The molecule has 0 amide bonds. The summed E-state index contributed by atoms with van der Waals surface area (Å²) >= 11 is 12.3. The molecular formula is C26H26Cl2F2N2O2. The Morgan fingerprint density at radius 1 is 1.09 bits per heavy atom. The molecule has 4 rings (SSSR count). The largest absolute Gasteiger partial charge is 0.443 e. The Balaban J connectivity index is 2.12. The fourth-order valence-electron chi connectivity index (χ4n) is 5.73. The number of fused-ring (bicyclic) bond motifs is 1. The Morgan fingerprint density at radius 2 is 1.71 bits per heavy atom. The van der Waals surface area contributed by atoms with Crippen LogP contribution >= 0.6 is 23.2 Å². The van der Waals surface area contributed by atoms with E-state index in [4.69, 9.17) is 27.9 Å². The molecular weight excluding hydrogens is 481 g/mol. The van der Waals surface area contributed by atoms with E-state index in [-0.39, 0.29) is 26.6 Å². The molecule has 2 aliphatic rings. The summed E-state index contributed by atoms with van der Waals surface area (Å²) in [5.74, 6) is -2.97. The number of ether oxygens (including phenoxy) is 1. The van der Waals surface area contributed by atoms with Gasteiger partial charge >= 0.3 is 5.97 Å². The first-order valence-corrected chi connectivity index (χ1v) is 11.8. The van der Waals surface area contributed by atoms with E-state index in [0.29, 0.717) is 6.42 Å². The van der Waals surface area contributed by atoms with Crippen molar-refractivity contribution in [1.82, 2.24) is 4.90 Å². The summed E-state index contributed by atoms with van der Waals surface area (Å²) in [6, 6.07) is 8.80. The Kier molecular flexibility index (Phi) is 6.00. The molecule has 2 aliphatic heterocycles. The molecule has 2 aromatic carbocycles. The van der Waals surface area contributed by atoms with Crippen LogP contribution < -0.4 is 0 Å². The van der Waals surface area contributed by atoms with Crippen molar-refractivity contribution in [3.05, 3.63) is 69.2 Å². The van der Waals surface area contributed by atoms with Gasteiger partial charge < -0.3 is 4.74 Å². The van der Waals surface area contributed by atoms with Crippen molar-refractivity contribution in [1.29, 1.82) is 5.26 Å². The summed E-state index contributed by atoms with van der Waals surface area (Å²) in [6.45, 7) is 9.47. The Hall–Kier alpha value is -2.20. The lowest BCUT2D eigenvalue weighted by Crippen LogP contribution is -2.52. The van der Waals surface area contributed by atoms with Crippen LogP contribution in [0.25, 0.3) is 0 Å². The number of benzene rings is 2. The highest BCUT2D eigenvalue weighted by molar-refractivity contribution is 6.30. The fraction of sp³-hybridized carbons (Fsp3) is 0.462. The van der Waals surface area contributed by atoms with Crippen molar-refractivity contribution in [3.63, 3.8) is 0 Å². The zero-order valence-corrected chi connectivity index (χ0v) is 21.1. The third kappa shape index (κ3) is 3.79. The normalized spacial score (nSPS) is 28.5. The minimum absolute atomic E-state index is 0.0658. The highest BCUT2D eigenvalue weighted by Gasteiger charge is 2.71. The molecule has 2 aromatic rings. The maximum atomic E-state index is 15.6. The molecule has 0 N–H and O–H groups in total. The lowest BCUT2D eigenvalue weighted by Gasteiger charge is -2.42. The number of carbonyl (C=O) groups is 1. The van der Waals surface area contributed by atoms with Gasteiger partial charge in [0.05, 0.1) is 6.07 Å². The number of nitrogens with zero attached hydrogens (tertiary/aromatic N) is 2. The summed E-state index contributed by atoms with van der Waals surface area (Å²) in [6.07, 6.45) is 0.415. The Labute approximate surface area is 208 Å². The van der Waals surface area contributed by atoms with Gasteiger partial charge in [-0.2, -0.15) is 5.26 Å². The van der Waals surface area contributed by atoms with Gasteiger partial charge in [-0.1, -0.05) is 50.0 Å². The maximum absolute atomic E-state index is 15.6. The number of esters is 1. The van der Waals surface area contributed by atoms with Gasteiger partial charge in [0.2, 0.25) is 0 Å². The van der Waals surface area contributed by atoms with Gasteiger partial charge in [0.1, 0.15) is 23.1 Å². The number of hydrogen-bond acceptors (Lipinski definition) is 4. The molecule has 2 saturated heterocycles. The SMILES string of the molecule is CC(C)(C)C[C@@H]1N2[C@@H](C(=O)OC2(C)C)[C@H](c2cc(Cl)ccc2F)[C@@]1(C#N)c1ccc(Cl)cc1F. The third-order valence-corrected chi connectivity index (χ3v) is 7.31. The van der Waals surface area contributed by atoms with Crippen molar-refractivity contribution >= 4 is 29.2 Å². The van der Waals surface area contributed by atoms with E-state index < -0.39 is 46.7 Å². The Bertz CT molecular complexity index is 1200. The third-order valence-electron chi connectivity index (χ3n) is 6.84. The number of halogens is 4. The molecule has 2 fully saturated rings. The monoisotopic (exact) mass is 506 g/mol. The number of nitriles is 1. The predicted octanol–water partition coefficient (Wildman–Crippen LogP) is 6.60. The lowest BCUT2D eigenvalue weighted by atomic mass is 9.62. The number of carbonyl (C=O) groups excluding carboxylic acids is 1. The van der Waals surface area contributed by atoms with Crippen LogP contribution in [-0.4, -0.2) is 28.7 Å². The van der Waals surface area contributed by atoms with E-state index in [9.17, 15) is 10.1 Å². The molecule has 0 saturated carbocycles. The van der Waals surface area contributed by atoms with Crippen molar-refractivity contribution in [2.45, 2.75) is 70.2 Å². The fourth-order valence-corrected chi connectivity index (χ4v) is 6.07. The van der Waals surface area contributed by atoms with Crippen molar-refractivity contribution in [2.24, 2.45) is 5.41 Å². The second-order valence-electron chi connectivity index (χ2n) is 10.7. The van der Waals surface area contributed by atoms with E-state index in [2.05, 4.69) is 6.07 Å². The summed E-state index contributed by atoms with van der Waals surface area (Å²) in [7, 11) is 0. The predicted molar refractivity (Wildman–Crippen MR) is 127 cm³/mol. The van der Waals surface area contributed by atoms with Gasteiger partial charge in [0.25, 0.3) is 0 Å². The number of rotatable bonds is 3. The van der Waals surface area contributed by atoms with Crippen LogP contribution in [0.4, 0.5) is 8.78 Å². The summed E-state index contributed by atoms with van der Waals surface area (Å²) in [4.78, 5) is 15.1. The number of hydrogen-bond donors (Lipinski definition) is 0.